The zero-order chi connectivity index (χ0) is 24.2. The molecule has 2 unspecified atom stereocenters. The van der Waals surface area contributed by atoms with Crippen LogP contribution in [0, 0.1) is 5.92 Å². The molecule has 1 amide bonds. The number of piperidine rings is 1. The van der Waals surface area contributed by atoms with E-state index >= 15 is 0 Å². The molecule has 0 aromatic heterocycles. The lowest BCUT2D eigenvalue weighted by atomic mass is 9.86. The van der Waals surface area contributed by atoms with Crippen molar-refractivity contribution in [3.05, 3.63) is 83.4 Å². The largest absolute Gasteiger partial charge is 0.530 e. The lowest BCUT2D eigenvalue weighted by Crippen LogP contribution is -2.51. The van der Waals surface area contributed by atoms with Gasteiger partial charge in [-0.15, -0.1) is 0 Å². The third-order valence-electron chi connectivity index (χ3n) is 7.05. The summed E-state index contributed by atoms with van der Waals surface area (Å²) in [7, 11) is 0. The molecule has 6 nitrogen and oxygen atoms in total. The van der Waals surface area contributed by atoms with Gasteiger partial charge in [-0.2, -0.15) is 0 Å². The average molecular weight is 473 g/mol. The Bertz CT molecular complexity index is 1190. The van der Waals surface area contributed by atoms with Crippen molar-refractivity contribution in [3.8, 4) is 0 Å². The van der Waals surface area contributed by atoms with Crippen molar-refractivity contribution in [1.82, 2.24) is 4.90 Å². The van der Waals surface area contributed by atoms with E-state index in [0.29, 0.717) is 39.1 Å². The standard InChI is InChI=1S/C29H31NO5/c31-28(24-11-12-24)34-16-14-20-5-9-23(10-6-20)26-13-15-30(29(32)33)18-27(26)35-19-21-7-8-22-3-1-2-4-25(22)17-21/h1-10,17,24,26-27H,11-16,18-19H2,(H,32,33)/p-1. The highest BCUT2D eigenvalue weighted by atomic mass is 16.5. The van der Waals surface area contributed by atoms with Crippen LogP contribution in [0.1, 0.15) is 41.9 Å². The highest BCUT2D eigenvalue weighted by Gasteiger charge is 2.32. The van der Waals surface area contributed by atoms with Crippen molar-refractivity contribution in [2.45, 2.75) is 44.3 Å². The van der Waals surface area contributed by atoms with Gasteiger partial charge in [0.1, 0.15) is 6.09 Å². The Hall–Kier alpha value is -3.38. The summed E-state index contributed by atoms with van der Waals surface area (Å²) in [6, 6.07) is 22.8. The van der Waals surface area contributed by atoms with Gasteiger partial charge in [0, 0.05) is 25.4 Å². The fourth-order valence-corrected chi connectivity index (χ4v) is 4.80. The molecule has 5 rings (SSSR count). The van der Waals surface area contributed by atoms with Crippen LogP contribution in [0.4, 0.5) is 4.79 Å². The number of benzene rings is 3. The van der Waals surface area contributed by atoms with Crippen molar-refractivity contribution >= 4 is 22.8 Å². The van der Waals surface area contributed by atoms with E-state index in [4.69, 9.17) is 9.47 Å². The van der Waals surface area contributed by atoms with Crippen LogP contribution in [0.2, 0.25) is 0 Å². The van der Waals surface area contributed by atoms with Gasteiger partial charge in [-0.05, 0) is 52.8 Å². The van der Waals surface area contributed by atoms with Gasteiger partial charge in [0.2, 0.25) is 0 Å². The number of carboxylic acid groups (broad SMARTS) is 1. The van der Waals surface area contributed by atoms with Crippen LogP contribution in [0.25, 0.3) is 10.8 Å². The number of hydrogen-bond acceptors (Lipinski definition) is 5. The summed E-state index contributed by atoms with van der Waals surface area (Å²) in [4.78, 5) is 24.6. The molecule has 1 aliphatic carbocycles. The Balaban J connectivity index is 1.24. The van der Waals surface area contributed by atoms with Crippen LogP contribution in [0.5, 0.6) is 0 Å². The minimum atomic E-state index is -1.15. The van der Waals surface area contributed by atoms with E-state index < -0.39 is 6.09 Å². The van der Waals surface area contributed by atoms with Crippen LogP contribution in [-0.2, 0) is 27.3 Å². The molecule has 0 spiro atoms. The van der Waals surface area contributed by atoms with E-state index in [1.807, 2.05) is 12.1 Å². The number of esters is 1. The molecule has 1 aliphatic heterocycles. The molecule has 3 aromatic rings. The maximum Gasteiger partial charge on any atom is 0.308 e. The first-order chi connectivity index (χ1) is 17.1. The fraction of sp³-hybridized carbons (Fsp3) is 0.379. The first-order valence-corrected chi connectivity index (χ1v) is 12.4. The highest BCUT2D eigenvalue weighted by molar-refractivity contribution is 5.82. The summed E-state index contributed by atoms with van der Waals surface area (Å²) in [5.41, 5.74) is 3.30. The Morgan fingerprint density at radius 1 is 0.914 bits per heavy atom. The third kappa shape index (κ3) is 5.82. The van der Waals surface area contributed by atoms with E-state index in [9.17, 15) is 14.7 Å². The topological polar surface area (TPSA) is 78.9 Å². The quantitative estimate of drug-likeness (QED) is 0.462. The lowest BCUT2D eigenvalue weighted by Gasteiger charge is -2.40. The van der Waals surface area contributed by atoms with Gasteiger partial charge in [-0.25, -0.2) is 0 Å². The Labute approximate surface area is 205 Å². The number of amides is 1. The van der Waals surface area contributed by atoms with Crippen LogP contribution < -0.4 is 5.11 Å². The normalized spacial score (nSPS) is 20.1. The maximum atomic E-state index is 11.7. The Morgan fingerprint density at radius 2 is 1.66 bits per heavy atom. The monoisotopic (exact) mass is 472 g/mol. The Kier molecular flexibility index (Phi) is 7.00. The molecule has 2 atom stereocenters. The van der Waals surface area contributed by atoms with Crippen molar-refractivity contribution in [2.75, 3.05) is 19.7 Å². The first kappa shape index (κ1) is 23.4. The van der Waals surface area contributed by atoms with E-state index in [1.165, 1.54) is 10.3 Å². The summed E-state index contributed by atoms with van der Waals surface area (Å²) < 4.78 is 11.7. The highest BCUT2D eigenvalue weighted by Crippen LogP contribution is 2.32. The summed E-state index contributed by atoms with van der Waals surface area (Å²) in [5, 5.41) is 13.9. The van der Waals surface area contributed by atoms with Gasteiger partial charge < -0.3 is 24.3 Å². The molecule has 6 heteroatoms. The first-order valence-electron chi connectivity index (χ1n) is 12.4. The lowest BCUT2D eigenvalue weighted by molar-refractivity contribution is -0.268. The van der Waals surface area contributed by atoms with Crippen molar-refractivity contribution in [1.29, 1.82) is 0 Å². The molecular formula is C29H30NO5-. The van der Waals surface area contributed by atoms with E-state index in [-0.39, 0.29) is 23.9 Å². The summed E-state index contributed by atoms with van der Waals surface area (Å²) >= 11 is 0. The van der Waals surface area contributed by atoms with Gasteiger partial charge >= 0.3 is 5.97 Å². The summed E-state index contributed by atoms with van der Waals surface area (Å²) in [6.07, 6.45) is 1.85. The molecule has 1 saturated carbocycles. The predicted octanol–water partition coefficient (Wildman–Crippen LogP) is 4.05. The second-order valence-electron chi connectivity index (χ2n) is 9.57. The molecular weight excluding hydrogens is 442 g/mol. The van der Waals surface area contributed by atoms with Crippen LogP contribution in [0.3, 0.4) is 0 Å². The fourth-order valence-electron chi connectivity index (χ4n) is 4.80. The Morgan fingerprint density at radius 3 is 2.40 bits per heavy atom. The summed E-state index contributed by atoms with van der Waals surface area (Å²) in [6.45, 7) is 1.54. The molecule has 3 aromatic carbocycles. The molecule has 0 N–H and O–H groups in total. The van der Waals surface area contributed by atoms with Crippen molar-refractivity contribution in [3.63, 3.8) is 0 Å². The second kappa shape index (κ2) is 10.5. The average Bonchev–Trinajstić information content (AvgIpc) is 3.73. The number of rotatable bonds is 8. The SMILES string of the molecule is O=C(OCCc1ccc(C2CCN(C(=O)[O-])CC2OCc2ccc3ccccc3c2)cc1)C1CC1. The third-order valence-corrected chi connectivity index (χ3v) is 7.05. The number of fused-ring (bicyclic) bond motifs is 1. The van der Waals surface area contributed by atoms with Gasteiger partial charge in [-0.3, -0.25) is 4.79 Å². The predicted molar refractivity (Wildman–Crippen MR) is 131 cm³/mol. The minimum absolute atomic E-state index is 0.0762. The second-order valence-corrected chi connectivity index (χ2v) is 9.57. The molecule has 1 heterocycles. The van der Waals surface area contributed by atoms with Gasteiger partial charge in [0.05, 0.1) is 25.2 Å². The molecule has 2 fully saturated rings. The maximum absolute atomic E-state index is 11.7. The number of hydrogen-bond donors (Lipinski definition) is 0. The molecule has 1 saturated heterocycles. The zero-order valence-corrected chi connectivity index (χ0v) is 19.7. The smallest absolute Gasteiger partial charge is 0.308 e. The number of carbonyl (C=O) groups is 2. The molecule has 2 aliphatic rings. The zero-order valence-electron chi connectivity index (χ0n) is 19.7. The van der Waals surface area contributed by atoms with Crippen molar-refractivity contribution < 1.29 is 24.2 Å². The number of ether oxygens (including phenoxy) is 2. The molecule has 0 radical (unpaired) electrons. The van der Waals surface area contributed by atoms with E-state index in [0.717, 1.165) is 34.9 Å². The van der Waals surface area contributed by atoms with Crippen LogP contribution in [-0.4, -0.2) is 42.8 Å². The number of nitrogens with zero attached hydrogens (tertiary/aromatic N) is 1. The van der Waals surface area contributed by atoms with Gasteiger partial charge in [0.15, 0.2) is 0 Å². The molecule has 182 valence electrons. The van der Waals surface area contributed by atoms with Gasteiger partial charge in [-0.1, -0.05) is 60.7 Å². The molecule has 35 heavy (non-hydrogen) atoms. The van der Waals surface area contributed by atoms with Gasteiger partial charge in [0.25, 0.3) is 0 Å². The van der Waals surface area contributed by atoms with E-state index in [2.05, 4.69) is 54.6 Å². The number of likely N-dealkylation sites (tertiary alicyclic amines) is 1. The molecule has 0 bridgehead atoms. The minimum Gasteiger partial charge on any atom is -0.530 e. The number of carbonyl (C=O) groups excluding carboxylic acids is 2. The van der Waals surface area contributed by atoms with Crippen LogP contribution >= 0.6 is 0 Å². The van der Waals surface area contributed by atoms with Crippen molar-refractivity contribution in [2.24, 2.45) is 5.92 Å². The van der Waals surface area contributed by atoms with E-state index in [1.54, 1.807) is 0 Å². The summed E-state index contributed by atoms with van der Waals surface area (Å²) in [5.74, 6) is 0.135. The van der Waals surface area contributed by atoms with Crippen LogP contribution in [0.15, 0.2) is 66.7 Å².